The van der Waals surface area contributed by atoms with E-state index in [-0.39, 0.29) is 17.3 Å². The van der Waals surface area contributed by atoms with E-state index in [1.54, 1.807) is 22.2 Å². The number of rotatable bonds is 7. The fourth-order valence-electron chi connectivity index (χ4n) is 1.54. The summed E-state index contributed by atoms with van der Waals surface area (Å²) in [7, 11) is 8.71. The van der Waals surface area contributed by atoms with Gasteiger partial charge in [0, 0.05) is 52.7 Å². The molecule has 6 heteroatoms. The molecule has 1 heterocycles. The van der Waals surface area contributed by atoms with Crippen LogP contribution < -0.4 is 4.74 Å². The van der Waals surface area contributed by atoms with Crippen molar-refractivity contribution in [2.45, 2.75) is 0 Å². The normalized spacial score (nSPS) is 11.0. The van der Waals surface area contributed by atoms with Crippen LogP contribution in [0.5, 0.6) is 5.75 Å². The van der Waals surface area contributed by atoms with Crippen molar-refractivity contribution in [3.05, 3.63) is 48.1 Å². The Morgan fingerprint density at radius 1 is 1.05 bits per heavy atom. The Bertz CT molecular complexity index is 605. The standard InChI is InChI=1S/C16H21N3O3/c1-18(2)8-6-14(20)12-10-13(17-11-16(12)22-5)15(21)7-9-19(3)4/h6-11H,1-5H3/b8-6+,9-7+. The van der Waals surface area contributed by atoms with Crippen molar-refractivity contribution >= 4 is 11.6 Å². The molecule has 0 saturated carbocycles. The second-order valence-electron chi connectivity index (χ2n) is 5.06. The topological polar surface area (TPSA) is 62.7 Å². The number of carbonyl (C=O) groups is 2. The Kier molecular flexibility index (Phi) is 6.31. The van der Waals surface area contributed by atoms with Crippen LogP contribution in [-0.4, -0.2) is 61.7 Å². The van der Waals surface area contributed by atoms with Crippen LogP contribution in [0.2, 0.25) is 0 Å². The van der Waals surface area contributed by atoms with Crippen molar-refractivity contribution < 1.29 is 14.3 Å². The van der Waals surface area contributed by atoms with E-state index in [0.717, 1.165) is 0 Å². The van der Waals surface area contributed by atoms with Gasteiger partial charge in [0.2, 0.25) is 5.78 Å². The third-order valence-electron chi connectivity index (χ3n) is 2.65. The van der Waals surface area contributed by atoms with Crippen LogP contribution >= 0.6 is 0 Å². The molecule has 6 nitrogen and oxygen atoms in total. The Morgan fingerprint density at radius 3 is 2.09 bits per heavy atom. The summed E-state index contributed by atoms with van der Waals surface area (Å²) >= 11 is 0. The van der Waals surface area contributed by atoms with Crippen molar-refractivity contribution in [2.24, 2.45) is 0 Å². The first kappa shape index (κ1) is 17.4. The number of aromatic nitrogens is 1. The first-order chi connectivity index (χ1) is 10.3. The lowest BCUT2D eigenvalue weighted by Crippen LogP contribution is -2.08. The van der Waals surface area contributed by atoms with Gasteiger partial charge in [0.25, 0.3) is 0 Å². The van der Waals surface area contributed by atoms with E-state index in [0.29, 0.717) is 11.3 Å². The van der Waals surface area contributed by atoms with Gasteiger partial charge in [-0.05, 0) is 6.07 Å². The fraction of sp³-hybridized carbons (Fsp3) is 0.312. The molecule has 1 aromatic heterocycles. The number of carbonyl (C=O) groups excluding carboxylic acids is 2. The van der Waals surface area contributed by atoms with Crippen LogP contribution in [0.4, 0.5) is 0 Å². The Labute approximate surface area is 130 Å². The number of allylic oxidation sites excluding steroid dienone is 2. The second kappa shape index (κ2) is 7.97. The quantitative estimate of drug-likeness (QED) is 0.563. The lowest BCUT2D eigenvalue weighted by atomic mass is 10.1. The zero-order chi connectivity index (χ0) is 16.7. The summed E-state index contributed by atoms with van der Waals surface area (Å²) in [6.07, 6.45) is 7.46. The number of ketones is 2. The van der Waals surface area contributed by atoms with Gasteiger partial charge in [-0.1, -0.05) is 0 Å². The van der Waals surface area contributed by atoms with Crippen LogP contribution in [0.3, 0.4) is 0 Å². The maximum atomic E-state index is 12.2. The first-order valence-electron chi connectivity index (χ1n) is 6.67. The predicted molar refractivity (Wildman–Crippen MR) is 85.1 cm³/mol. The fourth-order valence-corrected chi connectivity index (χ4v) is 1.54. The summed E-state index contributed by atoms with van der Waals surface area (Å²) in [6, 6.07) is 1.45. The number of pyridine rings is 1. The number of ether oxygens (including phenoxy) is 1. The molecule has 1 rings (SSSR count). The monoisotopic (exact) mass is 303 g/mol. The highest BCUT2D eigenvalue weighted by Gasteiger charge is 2.14. The summed E-state index contributed by atoms with van der Waals surface area (Å²) in [5.74, 6) is -0.192. The summed E-state index contributed by atoms with van der Waals surface area (Å²) in [5.41, 5.74) is 0.498. The molecular formula is C16H21N3O3. The highest BCUT2D eigenvalue weighted by Crippen LogP contribution is 2.19. The molecule has 0 aromatic carbocycles. The average Bonchev–Trinajstić information content (AvgIpc) is 2.49. The highest BCUT2D eigenvalue weighted by atomic mass is 16.5. The van der Waals surface area contributed by atoms with Crippen LogP contribution in [0.15, 0.2) is 36.8 Å². The van der Waals surface area contributed by atoms with Crippen molar-refractivity contribution in [1.82, 2.24) is 14.8 Å². The maximum absolute atomic E-state index is 12.2. The Balaban J connectivity index is 3.13. The highest BCUT2D eigenvalue weighted by molar-refractivity contribution is 6.09. The molecule has 0 spiro atoms. The zero-order valence-electron chi connectivity index (χ0n) is 13.5. The molecule has 0 aliphatic heterocycles. The van der Waals surface area contributed by atoms with Crippen LogP contribution in [0.25, 0.3) is 0 Å². The first-order valence-corrected chi connectivity index (χ1v) is 6.67. The molecule has 0 amide bonds. The van der Waals surface area contributed by atoms with Gasteiger partial charge < -0.3 is 14.5 Å². The predicted octanol–water partition coefficient (Wildman–Crippen LogP) is 1.61. The van der Waals surface area contributed by atoms with Gasteiger partial charge in [0.05, 0.1) is 18.9 Å². The third-order valence-corrected chi connectivity index (χ3v) is 2.65. The van der Waals surface area contributed by atoms with E-state index in [1.165, 1.54) is 31.5 Å². The molecule has 0 bridgehead atoms. The summed E-state index contributed by atoms with van der Waals surface area (Å²) in [4.78, 5) is 31.8. The molecule has 0 saturated heterocycles. The molecule has 0 unspecified atom stereocenters. The molecule has 1 aromatic rings. The largest absolute Gasteiger partial charge is 0.494 e. The molecular weight excluding hydrogens is 282 g/mol. The summed E-state index contributed by atoms with van der Waals surface area (Å²) < 4.78 is 5.14. The minimum absolute atomic E-state index is 0.195. The van der Waals surface area contributed by atoms with Crippen LogP contribution in [-0.2, 0) is 0 Å². The summed E-state index contributed by atoms with van der Waals surface area (Å²) in [5, 5.41) is 0. The van der Waals surface area contributed by atoms with Gasteiger partial charge in [0.1, 0.15) is 11.4 Å². The Morgan fingerprint density at radius 2 is 1.59 bits per heavy atom. The van der Waals surface area contributed by atoms with Gasteiger partial charge in [-0.3, -0.25) is 9.59 Å². The van der Waals surface area contributed by atoms with Crippen LogP contribution in [0, 0.1) is 0 Å². The molecule has 0 fully saturated rings. The minimum atomic E-state index is -0.276. The van der Waals surface area contributed by atoms with Gasteiger partial charge in [0.15, 0.2) is 5.78 Å². The van der Waals surface area contributed by atoms with Gasteiger partial charge in [-0.15, -0.1) is 0 Å². The number of nitrogens with zero attached hydrogens (tertiary/aromatic N) is 3. The lowest BCUT2D eigenvalue weighted by Gasteiger charge is -2.08. The van der Waals surface area contributed by atoms with Gasteiger partial charge in [-0.2, -0.15) is 0 Å². The average molecular weight is 303 g/mol. The van der Waals surface area contributed by atoms with Crippen molar-refractivity contribution in [1.29, 1.82) is 0 Å². The minimum Gasteiger partial charge on any atom is -0.494 e. The molecule has 0 aliphatic rings. The second-order valence-corrected chi connectivity index (χ2v) is 5.06. The maximum Gasteiger partial charge on any atom is 0.205 e. The number of methoxy groups -OCH3 is 1. The third kappa shape index (κ3) is 5.05. The Hall–Kier alpha value is -2.63. The van der Waals surface area contributed by atoms with Crippen molar-refractivity contribution in [3.8, 4) is 5.75 Å². The van der Waals surface area contributed by atoms with Crippen LogP contribution in [0.1, 0.15) is 20.8 Å². The van der Waals surface area contributed by atoms with Crippen molar-refractivity contribution in [3.63, 3.8) is 0 Å². The SMILES string of the molecule is COc1cnc(C(=O)/C=C/N(C)C)cc1C(=O)/C=C/N(C)C. The van der Waals surface area contributed by atoms with Gasteiger partial charge >= 0.3 is 0 Å². The van der Waals surface area contributed by atoms with E-state index >= 15 is 0 Å². The molecule has 22 heavy (non-hydrogen) atoms. The molecule has 0 atom stereocenters. The number of hydrogen-bond acceptors (Lipinski definition) is 6. The molecule has 0 radical (unpaired) electrons. The van der Waals surface area contributed by atoms with E-state index in [2.05, 4.69) is 4.98 Å². The number of hydrogen-bond donors (Lipinski definition) is 0. The molecule has 118 valence electrons. The van der Waals surface area contributed by atoms with E-state index < -0.39 is 0 Å². The van der Waals surface area contributed by atoms with E-state index in [9.17, 15) is 9.59 Å². The van der Waals surface area contributed by atoms with Crippen molar-refractivity contribution in [2.75, 3.05) is 35.3 Å². The smallest absolute Gasteiger partial charge is 0.205 e. The summed E-state index contributed by atoms with van der Waals surface area (Å²) in [6.45, 7) is 0. The lowest BCUT2D eigenvalue weighted by molar-refractivity contribution is 0.104. The van der Waals surface area contributed by atoms with E-state index in [1.807, 2.05) is 28.2 Å². The van der Waals surface area contributed by atoms with E-state index in [4.69, 9.17) is 4.74 Å². The molecule has 0 aliphatic carbocycles. The molecule has 0 N–H and O–H groups in total. The van der Waals surface area contributed by atoms with Gasteiger partial charge in [-0.25, -0.2) is 4.98 Å². The zero-order valence-corrected chi connectivity index (χ0v) is 13.5.